The van der Waals surface area contributed by atoms with E-state index in [1.165, 1.54) is 4.31 Å². The number of nitrogens with zero attached hydrogens (tertiary/aromatic N) is 2. The maximum atomic E-state index is 12.2. The van der Waals surface area contributed by atoms with Gasteiger partial charge in [-0.05, 0) is 38.0 Å². The van der Waals surface area contributed by atoms with Crippen LogP contribution < -0.4 is 0 Å². The molecule has 1 aromatic heterocycles. The molecule has 0 saturated carbocycles. The van der Waals surface area contributed by atoms with E-state index in [1.807, 2.05) is 26.0 Å². The summed E-state index contributed by atoms with van der Waals surface area (Å²) in [6.45, 7) is 4.07. The van der Waals surface area contributed by atoms with Gasteiger partial charge in [-0.25, -0.2) is 8.42 Å². The number of hydrogen-bond donors (Lipinski definition) is 0. The van der Waals surface area contributed by atoms with E-state index < -0.39 is 10.0 Å². The maximum absolute atomic E-state index is 12.2. The molecule has 18 heavy (non-hydrogen) atoms. The average molecular weight is 291 g/mol. The highest BCUT2D eigenvalue weighted by molar-refractivity contribution is 7.89. The Morgan fingerprint density at radius 1 is 1.33 bits per heavy atom. The van der Waals surface area contributed by atoms with E-state index in [1.54, 1.807) is 12.4 Å². The van der Waals surface area contributed by atoms with Gasteiger partial charge in [0.1, 0.15) is 0 Å². The lowest BCUT2D eigenvalue weighted by Gasteiger charge is -2.25. The summed E-state index contributed by atoms with van der Waals surface area (Å²) in [5.41, 5.74) is 0.975. The molecule has 0 spiro atoms. The molecule has 1 aromatic rings. The molecule has 0 unspecified atom stereocenters. The van der Waals surface area contributed by atoms with Crippen molar-refractivity contribution in [3.05, 3.63) is 30.1 Å². The minimum atomic E-state index is -3.25. The number of aromatic nitrogens is 1. The van der Waals surface area contributed by atoms with Crippen LogP contribution in [-0.4, -0.2) is 41.9 Å². The summed E-state index contributed by atoms with van der Waals surface area (Å²) >= 11 is 5.65. The molecule has 0 aliphatic carbocycles. The number of aryl methyl sites for hydroxylation is 1. The van der Waals surface area contributed by atoms with Gasteiger partial charge in [-0.15, -0.1) is 11.6 Å². The van der Waals surface area contributed by atoms with Crippen LogP contribution in [0, 0.1) is 0 Å². The van der Waals surface area contributed by atoms with Gasteiger partial charge in [0.05, 0.1) is 5.75 Å². The second kappa shape index (κ2) is 7.07. The second-order valence-electron chi connectivity index (χ2n) is 4.31. The number of pyridine rings is 1. The first-order valence-corrected chi connectivity index (χ1v) is 8.06. The van der Waals surface area contributed by atoms with Crippen molar-refractivity contribution >= 4 is 21.6 Å². The van der Waals surface area contributed by atoms with Crippen molar-refractivity contribution in [1.82, 2.24) is 9.29 Å². The minimum absolute atomic E-state index is 0.0637. The highest BCUT2D eigenvalue weighted by Gasteiger charge is 2.23. The first-order valence-electron chi connectivity index (χ1n) is 5.91. The predicted molar refractivity (Wildman–Crippen MR) is 74.3 cm³/mol. The first-order chi connectivity index (χ1) is 8.47. The summed E-state index contributed by atoms with van der Waals surface area (Å²) in [6.07, 6.45) is 3.83. The molecule has 1 rings (SSSR count). The highest BCUT2D eigenvalue weighted by Crippen LogP contribution is 2.10. The third kappa shape index (κ3) is 4.55. The number of hydrogen-bond acceptors (Lipinski definition) is 3. The topological polar surface area (TPSA) is 50.3 Å². The third-order valence-corrected chi connectivity index (χ3v) is 4.84. The lowest BCUT2D eigenvalue weighted by atomic mass is 10.2. The molecular weight excluding hydrogens is 272 g/mol. The zero-order valence-electron chi connectivity index (χ0n) is 10.7. The predicted octanol–water partition coefficient (Wildman–Crippen LogP) is 1.90. The molecule has 0 aliphatic heterocycles. The Labute approximate surface area is 114 Å². The molecule has 0 saturated heterocycles. The number of sulfonamides is 1. The van der Waals surface area contributed by atoms with Gasteiger partial charge < -0.3 is 0 Å². The summed E-state index contributed by atoms with van der Waals surface area (Å²) in [6, 6.07) is 3.60. The molecule has 0 radical (unpaired) electrons. The molecule has 0 N–H and O–H groups in total. The van der Waals surface area contributed by atoms with Gasteiger partial charge in [0.15, 0.2) is 0 Å². The standard InChI is InChI=1S/C12H19ClN2O2S/c1-11(2)15(9-6-13)18(16,17)10-5-12-3-7-14-8-4-12/h3-4,7-8,11H,5-6,9-10H2,1-2H3. The van der Waals surface area contributed by atoms with Gasteiger partial charge in [-0.2, -0.15) is 4.31 Å². The van der Waals surface area contributed by atoms with Crippen LogP contribution in [-0.2, 0) is 16.4 Å². The number of rotatable bonds is 7. The molecule has 6 heteroatoms. The normalized spacial score (nSPS) is 12.3. The van der Waals surface area contributed by atoms with Gasteiger partial charge in [-0.3, -0.25) is 4.98 Å². The molecule has 0 fully saturated rings. The molecule has 0 aromatic carbocycles. The van der Waals surface area contributed by atoms with Crippen LogP contribution in [0.5, 0.6) is 0 Å². The highest BCUT2D eigenvalue weighted by atomic mass is 35.5. The molecule has 0 aliphatic rings. The zero-order chi connectivity index (χ0) is 13.6. The fraction of sp³-hybridized carbons (Fsp3) is 0.583. The minimum Gasteiger partial charge on any atom is -0.265 e. The van der Waals surface area contributed by atoms with Crippen LogP contribution in [0.2, 0.25) is 0 Å². The van der Waals surface area contributed by atoms with Gasteiger partial charge in [0.2, 0.25) is 10.0 Å². The van der Waals surface area contributed by atoms with Crippen molar-refractivity contribution in [3.63, 3.8) is 0 Å². The SMILES string of the molecule is CC(C)N(CCCl)S(=O)(=O)CCc1ccncc1. The van der Waals surface area contributed by atoms with Crippen molar-refractivity contribution < 1.29 is 8.42 Å². The Balaban J connectivity index is 2.68. The van der Waals surface area contributed by atoms with Crippen molar-refractivity contribution in [2.75, 3.05) is 18.2 Å². The Morgan fingerprint density at radius 2 is 1.94 bits per heavy atom. The van der Waals surface area contributed by atoms with Gasteiger partial charge in [-0.1, -0.05) is 0 Å². The van der Waals surface area contributed by atoms with Crippen LogP contribution >= 0.6 is 11.6 Å². The summed E-state index contributed by atoms with van der Waals surface area (Å²) in [5.74, 6) is 0.415. The van der Waals surface area contributed by atoms with Crippen molar-refractivity contribution in [2.24, 2.45) is 0 Å². The van der Waals surface area contributed by atoms with Crippen LogP contribution in [0.3, 0.4) is 0 Å². The second-order valence-corrected chi connectivity index (χ2v) is 6.73. The zero-order valence-corrected chi connectivity index (χ0v) is 12.3. The summed E-state index contributed by atoms with van der Waals surface area (Å²) in [5, 5.41) is 0. The van der Waals surface area contributed by atoms with Crippen LogP contribution in [0.15, 0.2) is 24.5 Å². The van der Waals surface area contributed by atoms with E-state index in [-0.39, 0.29) is 11.8 Å². The fourth-order valence-corrected chi connectivity index (χ4v) is 3.74. The lowest BCUT2D eigenvalue weighted by Crippen LogP contribution is -2.40. The van der Waals surface area contributed by atoms with E-state index in [9.17, 15) is 8.42 Å². The van der Waals surface area contributed by atoms with Crippen LogP contribution in [0.25, 0.3) is 0 Å². The Morgan fingerprint density at radius 3 is 2.44 bits per heavy atom. The van der Waals surface area contributed by atoms with E-state index in [4.69, 9.17) is 11.6 Å². The van der Waals surface area contributed by atoms with Crippen LogP contribution in [0.4, 0.5) is 0 Å². The van der Waals surface area contributed by atoms with Crippen molar-refractivity contribution in [3.8, 4) is 0 Å². The Bertz CT molecular complexity index is 448. The maximum Gasteiger partial charge on any atom is 0.214 e. The monoisotopic (exact) mass is 290 g/mol. The van der Waals surface area contributed by atoms with E-state index in [0.29, 0.717) is 18.8 Å². The molecule has 0 amide bonds. The summed E-state index contributed by atoms with van der Waals surface area (Å²) < 4.78 is 25.8. The summed E-state index contributed by atoms with van der Waals surface area (Å²) in [7, 11) is -3.25. The quantitative estimate of drug-likeness (QED) is 0.721. The number of alkyl halides is 1. The smallest absolute Gasteiger partial charge is 0.214 e. The first kappa shape index (κ1) is 15.4. The lowest BCUT2D eigenvalue weighted by molar-refractivity contribution is 0.370. The third-order valence-electron chi connectivity index (χ3n) is 2.64. The van der Waals surface area contributed by atoms with E-state index in [0.717, 1.165) is 5.56 Å². The molecule has 0 atom stereocenters. The molecule has 4 nitrogen and oxygen atoms in total. The van der Waals surface area contributed by atoms with Gasteiger partial charge in [0.25, 0.3) is 0 Å². The van der Waals surface area contributed by atoms with Gasteiger partial charge in [0, 0.05) is 30.9 Å². The Kier molecular flexibility index (Phi) is 6.05. The van der Waals surface area contributed by atoms with Crippen molar-refractivity contribution in [1.29, 1.82) is 0 Å². The van der Waals surface area contributed by atoms with Crippen molar-refractivity contribution in [2.45, 2.75) is 26.3 Å². The van der Waals surface area contributed by atoms with Gasteiger partial charge >= 0.3 is 0 Å². The largest absolute Gasteiger partial charge is 0.265 e. The summed E-state index contributed by atoms with van der Waals surface area (Å²) in [4.78, 5) is 3.91. The van der Waals surface area contributed by atoms with E-state index in [2.05, 4.69) is 4.98 Å². The molecule has 0 bridgehead atoms. The molecule has 1 heterocycles. The van der Waals surface area contributed by atoms with Crippen LogP contribution in [0.1, 0.15) is 19.4 Å². The molecule has 102 valence electrons. The molecular formula is C12H19ClN2O2S. The number of halogens is 1. The average Bonchev–Trinajstić information content (AvgIpc) is 2.34. The Hall–Kier alpha value is -0.650. The van der Waals surface area contributed by atoms with E-state index >= 15 is 0 Å². The fourth-order valence-electron chi connectivity index (χ4n) is 1.72.